The Morgan fingerprint density at radius 2 is 1.66 bits per heavy atom. The van der Waals surface area contributed by atoms with Crippen molar-refractivity contribution in [3.8, 4) is 23.0 Å². The fourth-order valence-electron chi connectivity index (χ4n) is 5.09. The molecule has 3 aromatic carbocycles. The van der Waals surface area contributed by atoms with Gasteiger partial charge in [-0.25, -0.2) is 9.79 Å². The second kappa shape index (κ2) is 14.5. The number of fused-ring (bicyclic) bond motifs is 1. The summed E-state index contributed by atoms with van der Waals surface area (Å²) < 4.78 is 29.9. The van der Waals surface area contributed by atoms with Crippen LogP contribution < -0.4 is 33.8 Å². The highest BCUT2D eigenvalue weighted by Gasteiger charge is 2.34. The van der Waals surface area contributed by atoms with Gasteiger partial charge in [0.05, 0.1) is 42.7 Å². The number of allylic oxidation sites excluding steroid dienone is 1. The fraction of sp³-hybridized carbons (Fsp3) is 0.278. The minimum atomic E-state index is -0.878. The van der Waals surface area contributed by atoms with Crippen molar-refractivity contribution < 1.29 is 33.3 Å². The Kier molecular flexibility index (Phi) is 10.3. The molecule has 1 aliphatic rings. The lowest BCUT2D eigenvalue weighted by molar-refractivity contribution is -0.140. The molecular formula is C36H36N2O8S. The largest absolute Gasteiger partial charge is 0.493 e. The summed E-state index contributed by atoms with van der Waals surface area (Å²) in [6.07, 6.45) is 1.75. The number of aromatic nitrogens is 1. The number of carbonyl (C=O) groups is 2. The van der Waals surface area contributed by atoms with Gasteiger partial charge in [-0.05, 0) is 59.9 Å². The second-order valence-corrected chi connectivity index (χ2v) is 12.3. The maximum atomic E-state index is 14.1. The topological polar surface area (TPSA) is 115 Å². The normalized spacial score (nSPS) is 14.4. The van der Waals surface area contributed by atoms with Crippen molar-refractivity contribution >= 4 is 29.4 Å². The molecule has 0 saturated carbocycles. The van der Waals surface area contributed by atoms with E-state index in [0.29, 0.717) is 38.7 Å². The lowest BCUT2D eigenvalue weighted by Gasteiger charge is -2.25. The Labute approximate surface area is 276 Å². The number of esters is 2. The molecule has 0 radical (unpaired) electrons. The lowest BCUT2D eigenvalue weighted by Crippen LogP contribution is -2.40. The molecule has 2 heterocycles. The number of rotatable bonds is 11. The van der Waals surface area contributed by atoms with Gasteiger partial charge in [0.2, 0.25) is 0 Å². The number of thiazole rings is 1. The van der Waals surface area contributed by atoms with Crippen LogP contribution >= 0.6 is 11.3 Å². The van der Waals surface area contributed by atoms with Crippen molar-refractivity contribution in [3.05, 3.63) is 114 Å². The van der Waals surface area contributed by atoms with E-state index in [4.69, 9.17) is 23.7 Å². The monoisotopic (exact) mass is 656 g/mol. The number of hydrogen-bond donors (Lipinski definition) is 0. The summed E-state index contributed by atoms with van der Waals surface area (Å²) in [4.78, 5) is 44.4. The van der Waals surface area contributed by atoms with Gasteiger partial charge in [0, 0.05) is 6.92 Å². The maximum Gasteiger partial charge on any atom is 0.338 e. The average molecular weight is 657 g/mol. The number of methoxy groups -OCH3 is 2. The molecular weight excluding hydrogens is 620 g/mol. The first-order chi connectivity index (χ1) is 22.6. The Bertz CT molecular complexity index is 2010. The number of hydrogen-bond acceptors (Lipinski definition) is 10. The molecule has 1 aromatic heterocycles. The summed E-state index contributed by atoms with van der Waals surface area (Å²) >= 11 is 1.21. The predicted molar refractivity (Wildman–Crippen MR) is 178 cm³/mol. The first kappa shape index (κ1) is 33.2. The summed E-state index contributed by atoms with van der Waals surface area (Å²) in [5.41, 5.74) is 2.62. The van der Waals surface area contributed by atoms with Crippen molar-refractivity contribution in [2.75, 3.05) is 20.8 Å². The Balaban J connectivity index is 1.58. The third-order valence-electron chi connectivity index (χ3n) is 7.27. The average Bonchev–Trinajstić information content (AvgIpc) is 3.36. The zero-order valence-electron chi connectivity index (χ0n) is 27.1. The van der Waals surface area contributed by atoms with Crippen LogP contribution in [0.3, 0.4) is 0 Å². The molecule has 5 rings (SSSR count). The van der Waals surface area contributed by atoms with Crippen molar-refractivity contribution in [3.63, 3.8) is 0 Å². The fourth-order valence-corrected chi connectivity index (χ4v) is 6.14. The van der Waals surface area contributed by atoms with Crippen LogP contribution in [-0.4, -0.2) is 37.3 Å². The maximum absolute atomic E-state index is 14.1. The number of carbonyl (C=O) groups excluding carboxylic acids is 2. The molecule has 244 valence electrons. The number of benzene rings is 3. The summed E-state index contributed by atoms with van der Waals surface area (Å²) in [5.74, 6) is 0.600. The van der Waals surface area contributed by atoms with Gasteiger partial charge in [-0.3, -0.25) is 14.2 Å². The number of nitrogens with zero attached hydrogens (tertiary/aromatic N) is 2. The van der Waals surface area contributed by atoms with E-state index in [9.17, 15) is 14.4 Å². The Morgan fingerprint density at radius 1 is 0.957 bits per heavy atom. The highest BCUT2D eigenvalue weighted by Crippen LogP contribution is 2.36. The van der Waals surface area contributed by atoms with Gasteiger partial charge >= 0.3 is 11.9 Å². The predicted octanol–water partition coefficient (Wildman–Crippen LogP) is 4.96. The summed E-state index contributed by atoms with van der Waals surface area (Å²) in [7, 11) is 3.01. The SMILES string of the molecule is COc1cc(/C=c2\sc3n(c2=O)C(c2ccc(OC(C)=O)c(OC)c2)C(C(=O)OCC(C)C)=C(C)N=3)ccc1OCc1ccccc1. The summed E-state index contributed by atoms with van der Waals surface area (Å²) in [6.45, 7) is 7.48. The molecule has 0 amide bonds. The zero-order chi connectivity index (χ0) is 33.7. The molecule has 4 aromatic rings. The van der Waals surface area contributed by atoms with E-state index in [2.05, 4.69) is 4.99 Å². The Morgan fingerprint density at radius 3 is 2.34 bits per heavy atom. The van der Waals surface area contributed by atoms with E-state index in [-0.39, 0.29) is 35.2 Å². The molecule has 0 fully saturated rings. The summed E-state index contributed by atoms with van der Waals surface area (Å²) in [5, 5.41) is 0. The molecule has 1 atom stereocenters. The minimum Gasteiger partial charge on any atom is -0.493 e. The van der Waals surface area contributed by atoms with Crippen LogP contribution in [0.25, 0.3) is 6.08 Å². The number of ether oxygens (including phenoxy) is 5. The highest BCUT2D eigenvalue weighted by atomic mass is 32.1. The highest BCUT2D eigenvalue weighted by molar-refractivity contribution is 7.07. The first-order valence-electron chi connectivity index (χ1n) is 15.0. The molecule has 0 aliphatic carbocycles. The van der Waals surface area contributed by atoms with Crippen LogP contribution in [0.1, 0.15) is 50.4 Å². The minimum absolute atomic E-state index is 0.106. The molecule has 47 heavy (non-hydrogen) atoms. The molecule has 0 bridgehead atoms. The zero-order valence-corrected chi connectivity index (χ0v) is 27.9. The molecule has 1 unspecified atom stereocenters. The van der Waals surface area contributed by atoms with E-state index in [1.165, 1.54) is 29.9 Å². The molecule has 11 heteroatoms. The van der Waals surface area contributed by atoms with Gasteiger partial charge in [0.15, 0.2) is 27.8 Å². The second-order valence-electron chi connectivity index (χ2n) is 11.3. The molecule has 0 N–H and O–H groups in total. The van der Waals surface area contributed by atoms with Gasteiger partial charge < -0.3 is 23.7 Å². The van der Waals surface area contributed by atoms with Gasteiger partial charge in [0.25, 0.3) is 5.56 Å². The van der Waals surface area contributed by atoms with E-state index in [1.807, 2.05) is 50.2 Å². The van der Waals surface area contributed by atoms with Gasteiger partial charge in [-0.2, -0.15) is 0 Å². The smallest absolute Gasteiger partial charge is 0.338 e. The lowest BCUT2D eigenvalue weighted by atomic mass is 9.95. The third-order valence-corrected chi connectivity index (χ3v) is 8.25. The van der Waals surface area contributed by atoms with Crippen LogP contribution in [0.15, 0.2) is 87.8 Å². The van der Waals surface area contributed by atoms with Crippen LogP contribution in [0.2, 0.25) is 0 Å². The standard InChI is InChI=1S/C36H36N2O8S/c1-21(2)19-45-35(41)32-22(3)37-36-38(33(32)26-13-15-28(46-23(4)39)30(18-26)43-6)34(40)31(47-36)17-25-12-14-27(29(16-25)42-5)44-20-24-10-8-7-9-11-24/h7-18,21,33H,19-20H2,1-6H3/b31-17-. The van der Waals surface area contributed by atoms with Crippen LogP contribution in [-0.2, 0) is 20.9 Å². The first-order valence-corrected chi connectivity index (χ1v) is 15.8. The van der Waals surface area contributed by atoms with E-state index in [0.717, 1.165) is 11.1 Å². The van der Waals surface area contributed by atoms with Crippen LogP contribution in [0.5, 0.6) is 23.0 Å². The summed E-state index contributed by atoms with van der Waals surface area (Å²) in [6, 6.07) is 19.3. The van der Waals surface area contributed by atoms with Gasteiger partial charge in [0.1, 0.15) is 6.61 Å². The van der Waals surface area contributed by atoms with Crippen molar-refractivity contribution in [2.24, 2.45) is 10.9 Å². The Hall–Kier alpha value is -5.16. The van der Waals surface area contributed by atoms with Crippen molar-refractivity contribution in [1.29, 1.82) is 0 Å². The third kappa shape index (κ3) is 7.47. The van der Waals surface area contributed by atoms with Crippen molar-refractivity contribution in [1.82, 2.24) is 4.57 Å². The van der Waals surface area contributed by atoms with Crippen LogP contribution in [0, 0.1) is 5.92 Å². The van der Waals surface area contributed by atoms with Crippen molar-refractivity contribution in [2.45, 2.75) is 40.3 Å². The van der Waals surface area contributed by atoms with E-state index >= 15 is 0 Å². The molecule has 1 aliphatic heterocycles. The molecule has 0 spiro atoms. The van der Waals surface area contributed by atoms with E-state index < -0.39 is 18.0 Å². The van der Waals surface area contributed by atoms with E-state index in [1.54, 1.807) is 50.4 Å². The molecule has 0 saturated heterocycles. The molecule has 10 nitrogen and oxygen atoms in total. The van der Waals surface area contributed by atoms with Gasteiger partial charge in [-0.15, -0.1) is 0 Å². The van der Waals surface area contributed by atoms with Crippen LogP contribution in [0.4, 0.5) is 0 Å². The quantitative estimate of drug-likeness (QED) is 0.165. The van der Waals surface area contributed by atoms with Gasteiger partial charge in [-0.1, -0.05) is 67.6 Å².